The van der Waals surface area contributed by atoms with Gasteiger partial charge in [0.15, 0.2) is 0 Å². The van der Waals surface area contributed by atoms with E-state index in [0.29, 0.717) is 5.19 Å². The molecule has 0 saturated carbocycles. The van der Waals surface area contributed by atoms with Crippen LogP contribution in [0.15, 0.2) is 24.3 Å². The molecule has 0 aliphatic heterocycles. The van der Waals surface area contributed by atoms with E-state index in [1.165, 1.54) is 6.07 Å². The second-order valence-corrected chi connectivity index (χ2v) is 3.98. The molecule has 0 aliphatic rings. The smallest absolute Gasteiger partial charge is 0.166 e. The molecule has 0 saturated heterocycles. The summed E-state index contributed by atoms with van der Waals surface area (Å²) >= 11 is 0. The van der Waals surface area contributed by atoms with Gasteiger partial charge in [0, 0.05) is 0 Å². The second kappa shape index (κ2) is 3.31. The number of hydrogen-bond acceptors (Lipinski definition) is 0. The standard InChI is InChI=1S/C8H9F3Si/c1-12-7-5-3-2-4-6(7)8(9,10)11/h2-5H,12H2,1H3. The maximum Gasteiger partial charge on any atom is 0.416 e. The molecule has 1 aromatic carbocycles. The van der Waals surface area contributed by atoms with Gasteiger partial charge in [-0.25, -0.2) is 0 Å². The molecule has 0 unspecified atom stereocenters. The van der Waals surface area contributed by atoms with Gasteiger partial charge in [-0.2, -0.15) is 13.2 Å². The molecular weight excluding hydrogens is 181 g/mol. The van der Waals surface area contributed by atoms with Crippen molar-refractivity contribution in [3.05, 3.63) is 29.8 Å². The molecule has 1 rings (SSSR count). The van der Waals surface area contributed by atoms with E-state index in [-0.39, 0.29) is 0 Å². The highest BCUT2D eigenvalue weighted by molar-refractivity contribution is 6.52. The van der Waals surface area contributed by atoms with Crippen LogP contribution in [-0.2, 0) is 6.18 Å². The average molecular weight is 190 g/mol. The summed E-state index contributed by atoms with van der Waals surface area (Å²) in [5.41, 5.74) is -0.459. The van der Waals surface area contributed by atoms with Crippen molar-refractivity contribution < 1.29 is 13.2 Å². The fourth-order valence-electron chi connectivity index (χ4n) is 1.11. The molecule has 0 nitrogen and oxygen atoms in total. The van der Waals surface area contributed by atoms with E-state index < -0.39 is 21.3 Å². The molecule has 1 aromatic rings. The Morgan fingerprint density at radius 1 is 1.17 bits per heavy atom. The third-order valence-corrected chi connectivity index (χ3v) is 3.08. The Balaban J connectivity index is 3.14. The lowest BCUT2D eigenvalue weighted by atomic mass is 10.2. The third kappa shape index (κ3) is 1.88. The molecule has 0 bridgehead atoms. The highest BCUT2D eigenvalue weighted by atomic mass is 28.2. The lowest BCUT2D eigenvalue weighted by Crippen LogP contribution is -2.23. The molecule has 0 fully saturated rings. The predicted octanol–water partition coefficient (Wildman–Crippen LogP) is 1.55. The van der Waals surface area contributed by atoms with E-state index >= 15 is 0 Å². The summed E-state index contributed by atoms with van der Waals surface area (Å²) in [6.07, 6.45) is -4.18. The van der Waals surface area contributed by atoms with Crippen molar-refractivity contribution in [2.24, 2.45) is 0 Å². The first-order valence-electron chi connectivity index (χ1n) is 3.70. The normalized spacial score (nSPS) is 12.7. The summed E-state index contributed by atoms with van der Waals surface area (Å²) in [5, 5.41) is 0.491. The SMILES string of the molecule is C[SiH2]c1ccccc1C(F)(F)F. The van der Waals surface area contributed by atoms with E-state index in [1.807, 2.05) is 6.55 Å². The fourth-order valence-corrected chi connectivity index (χ4v) is 2.18. The molecule has 0 atom stereocenters. The molecule has 12 heavy (non-hydrogen) atoms. The summed E-state index contributed by atoms with van der Waals surface area (Å²) in [6, 6.07) is 5.79. The van der Waals surface area contributed by atoms with Crippen LogP contribution in [0.25, 0.3) is 0 Å². The summed E-state index contributed by atoms with van der Waals surface area (Å²) < 4.78 is 36.8. The van der Waals surface area contributed by atoms with Gasteiger partial charge in [-0.1, -0.05) is 36.0 Å². The number of rotatable bonds is 1. The molecule has 0 aromatic heterocycles. The Labute approximate surface area is 71.2 Å². The third-order valence-electron chi connectivity index (χ3n) is 1.70. The first kappa shape index (κ1) is 9.32. The Hall–Kier alpha value is -0.773. The molecule has 0 heterocycles. The number of alkyl halides is 3. The van der Waals surface area contributed by atoms with E-state index in [4.69, 9.17) is 0 Å². The van der Waals surface area contributed by atoms with Crippen LogP contribution in [0.1, 0.15) is 5.56 Å². The average Bonchev–Trinajstić information content (AvgIpc) is 2.03. The zero-order valence-electron chi connectivity index (χ0n) is 6.65. The van der Waals surface area contributed by atoms with Crippen molar-refractivity contribution in [1.82, 2.24) is 0 Å². The monoisotopic (exact) mass is 190 g/mol. The van der Waals surface area contributed by atoms with Crippen molar-refractivity contribution in [3.63, 3.8) is 0 Å². The van der Waals surface area contributed by atoms with Gasteiger partial charge >= 0.3 is 6.18 Å². The quantitative estimate of drug-likeness (QED) is 0.589. The second-order valence-electron chi connectivity index (χ2n) is 2.51. The summed E-state index contributed by atoms with van der Waals surface area (Å²) in [4.78, 5) is 0. The minimum absolute atomic E-state index is 0.459. The number of benzene rings is 1. The first-order valence-corrected chi connectivity index (χ1v) is 5.83. The van der Waals surface area contributed by atoms with Crippen LogP contribution in [-0.4, -0.2) is 9.52 Å². The molecule has 0 aliphatic carbocycles. The Kier molecular flexibility index (Phi) is 2.57. The molecule has 0 spiro atoms. The lowest BCUT2D eigenvalue weighted by molar-refractivity contribution is -0.136. The van der Waals surface area contributed by atoms with Crippen LogP contribution < -0.4 is 5.19 Å². The Morgan fingerprint density at radius 2 is 1.75 bits per heavy atom. The first-order chi connectivity index (χ1) is 5.55. The summed E-state index contributed by atoms with van der Waals surface area (Å²) in [5.74, 6) is 0. The molecule has 4 heteroatoms. The largest absolute Gasteiger partial charge is 0.416 e. The minimum atomic E-state index is -4.18. The highest BCUT2D eigenvalue weighted by Crippen LogP contribution is 2.27. The van der Waals surface area contributed by atoms with Gasteiger partial charge in [-0.3, -0.25) is 0 Å². The molecular formula is C8H9F3Si. The summed E-state index contributed by atoms with van der Waals surface area (Å²) in [6.45, 7) is 1.85. The van der Waals surface area contributed by atoms with Crippen LogP contribution in [0.2, 0.25) is 6.55 Å². The van der Waals surface area contributed by atoms with Crippen molar-refractivity contribution in [2.45, 2.75) is 12.7 Å². The molecule has 0 N–H and O–H groups in total. The van der Waals surface area contributed by atoms with Crippen molar-refractivity contribution in [2.75, 3.05) is 0 Å². The number of halogens is 3. The molecule has 0 radical (unpaired) electrons. The van der Waals surface area contributed by atoms with Crippen LogP contribution >= 0.6 is 0 Å². The van der Waals surface area contributed by atoms with Crippen LogP contribution in [0.5, 0.6) is 0 Å². The maximum absolute atomic E-state index is 12.3. The van der Waals surface area contributed by atoms with Gasteiger partial charge in [-0.15, -0.1) is 0 Å². The van der Waals surface area contributed by atoms with Gasteiger partial charge in [0.1, 0.15) is 0 Å². The van der Waals surface area contributed by atoms with E-state index in [1.54, 1.807) is 12.1 Å². The van der Waals surface area contributed by atoms with Crippen LogP contribution in [0.3, 0.4) is 0 Å². The minimum Gasteiger partial charge on any atom is -0.166 e. The Bertz CT molecular complexity index is 267. The van der Waals surface area contributed by atoms with Gasteiger partial charge in [0.05, 0.1) is 15.1 Å². The predicted molar refractivity (Wildman–Crippen MR) is 45.5 cm³/mol. The maximum atomic E-state index is 12.3. The fraction of sp³-hybridized carbons (Fsp3) is 0.250. The lowest BCUT2D eigenvalue weighted by Gasteiger charge is -2.10. The number of hydrogen-bond donors (Lipinski definition) is 0. The van der Waals surface area contributed by atoms with Gasteiger partial charge in [-0.05, 0) is 0 Å². The highest BCUT2D eigenvalue weighted by Gasteiger charge is 2.32. The zero-order valence-corrected chi connectivity index (χ0v) is 8.06. The van der Waals surface area contributed by atoms with Crippen molar-refractivity contribution in [1.29, 1.82) is 0 Å². The van der Waals surface area contributed by atoms with E-state index in [0.717, 1.165) is 6.07 Å². The molecule has 66 valence electrons. The van der Waals surface area contributed by atoms with E-state index in [2.05, 4.69) is 0 Å². The van der Waals surface area contributed by atoms with E-state index in [9.17, 15) is 13.2 Å². The summed E-state index contributed by atoms with van der Waals surface area (Å²) in [7, 11) is -0.737. The van der Waals surface area contributed by atoms with Crippen molar-refractivity contribution in [3.8, 4) is 0 Å². The Morgan fingerprint density at radius 3 is 2.17 bits per heavy atom. The zero-order chi connectivity index (χ0) is 9.19. The van der Waals surface area contributed by atoms with Crippen LogP contribution in [0, 0.1) is 0 Å². The van der Waals surface area contributed by atoms with Crippen LogP contribution in [0.4, 0.5) is 13.2 Å². The topological polar surface area (TPSA) is 0 Å². The molecule has 0 amide bonds. The van der Waals surface area contributed by atoms with Gasteiger partial charge in [0.2, 0.25) is 0 Å². The van der Waals surface area contributed by atoms with Gasteiger partial charge < -0.3 is 0 Å². The van der Waals surface area contributed by atoms with Crippen molar-refractivity contribution >= 4 is 14.7 Å². The van der Waals surface area contributed by atoms with Gasteiger partial charge in [0.25, 0.3) is 0 Å².